The molecule has 0 aliphatic rings. The topological polar surface area (TPSA) is 41.5 Å². The summed E-state index contributed by atoms with van der Waals surface area (Å²) in [6.07, 6.45) is 1.60. The number of carbonyl (C=O) groups excluding carboxylic acids is 1. The summed E-state index contributed by atoms with van der Waals surface area (Å²) in [6.45, 7) is 5.42. The minimum Gasteiger partial charge on any atom is -0.274 e. The Morgan fingerprint density at radius 2 is 1.86 bits per heavy atom. The van der Waals surface area contributed by atoms with E-state index in [9.17, 15) is 4.79 Å². The van der Waals surface area contributed by atoms with Gasteiger partial charge in [0, 0.05) is 6.92 Å². The first-order valence-electron chi connectivity index (χ1n) is 4.64. The van der Waals surface area contributed by atoms with Crippen molar-refractivity contribution in [2.45, 2.75) is 20.8 Å². The average Bonchev–Trinajstić information content (AvgIpc) is 2.22. The van der Waals surface area contributed by atoms with Gasteiger partial charge >= 0.3 is 0 Å². The maximum atomic E-state index is 10.4. The van der Waals surface area contributed by atoms with Crippen LogP contribution in [0.3, 0.4) is 0 Å². The molecule has 1 aromatic rings. The Kier molecular flexibility index (Phi) is 7.05. The lowest BCUT2D eigenvalue weighted by atomic mass is 10.2. The molecule has 0 atom stereocenters. The van der Waals surface area contributed by atoms with Crippen LogP contribution in [0.1, 0.15) is 26.3 Å². The summed E-state index contributed by atoms with van der Waals surface area (Å²) < 4.78 is 0. The van der Waals surface area contributed by atoms with Crippen LogP contribution in [0, 0.1) is 0 Å². The van der Waals surface area contributed by atoms with E-state index in [0.29, 0.717) is 0 Å². The van der Waals surface area contributed by atoms with Crippen LogP contribution in [0.25, 0.3) is 0 Å². The van der Waals surface area contributed by atoms with Crippen LogP contribution in [-0.2, 0) is 4.79 Å². The van der Waals surface area contributed by atoms with Gasteiger partial charge in [0.05, 0.1) is 6.21 Å². The molecule has 1 aromatic carbocycles. The first-order valence-corrected chi connectivity index (χ1v) is 4.64. The van der Waals surface area contributed by atoms with Crippen LogP contribution in [0.5, 0.6) is 0 Å². The summed E-state index contributed by atoms with van der Waals surface area (Å²) >= 11 is 0. The zero-order valence-corrected chi connectivity index (χ0v) is 8.82. The highest BCUT2D eigenvalue weighted by atomic mass is 16.2. The monoisotopic (exact) mass is 192 g/mol. The third-order valence-electron chi connectivity index (χ3n) is 1.24. The van der Waals surface area contributed by atoms with Crippen molar-refractivity contribution in [3.05, 3.63) is 35.9 Å². The summed E-state index contributed by atoms with van der Waals surface area (Å²) in [5.41, 5.74) is 3.29. The quantitative estimate of drug-likeness (QED) is 0.566. The molecule has 0 aliphatic carbocycles. The van der Waals surface area contributed by atoms with Crippen molar-refractivity contribution in [3.63, 3.8) is 0 Å². The molecular formula is C11H16N2O. The first kappa shape index (κ1) is 12.4. The molecule has 76 valence electrons. The second-order valence-corrected chi connectivity index (χ2v) is 2.34. The van der Waals surface area contributed by atoms with E-state index >= 15 is 0 Å². The van der Waals surface area contributed by atoms with Gasteiger partial charge in [0.25, 0.3) is 0 Å². The van der Waals surface area contributed by atoms with Crippen molar-refractivity contribution in [1.29, 1.82) is 0 Å². The zero-order chi connectivity index (χ0) is 10.8. The zero-order valence-electron chi connectivity index (χ0n) is 8.82. The van der Waals surface area contributed by atoms with Crippen molar-refractivity contribution in [1.82, 2.24) is 5.43 Å². The van der Waals surface area contributed by atoms with Gasteiger partial charge in [0.1, 0.15) is 0 Å². The minimum atomic E-state index is -0.165. The fourth-order valence-electron chi connectivity index (χ4n) is 0.737. The lowest BCUT2D eigenvalue weighted by Crippen LogP contribution is -2.12. The molecule has 0 fully saturated rings. The Hall–Kier alpha value is -1.64. The van der Waals surface area contributed by atoms with Crippen molar-refractivity contribution in [3.8, 4) is 0 Å². The predicted molar refractivity (Wildman–Crippen MR) is 59.2 cm³/mol. The van der Waals surface area contributed by atoms with E-state index in [1.807, 2.05) is 44.2 Å². The molecule has 1 amide bonds. The molecular weight excluding hydrogens is 176 g/mol. The Bertz CT molecular complexity index is 281. The van der Waals surface area contributed by atoms with Crippen LogP contribution in [0.4, 0.5) is 0 Å². The normalized spacial score (nSPS) is 9.07. The highest BCUT2D eigenvalue weighted by molar-refractivity contribution is 5.81. The average molecular weight is 192 g/mol. The predicted octanol–water partition coefficient (Wildman–Crippen LogP) is 2.18. The fourth-order valence-corrected chi connectivity index (χ4v) is 0.737. The Morgan fingerprint density at radius 3 is 2.36 bits per heavy atom. The highest BCUT2D eigenvalue weighted by Gasteiger charge is 1.84. The van der Waals surface area contributed by atoms with Crippen LogP contribution >= 0.6 is 0 Å². The molecule has 0 aromatic heterocycles. The number of hydrogen-bond acceptors (Lipinski definition) is 2. The summed E-state index contributed by atoms with van der Waals surface area (Å²) in [5.74, 6) is -0.165. The van der Waals surface area contributed by atoms with Gasteiger partial charge in [0.15, 0.2) is 0 Å². The summed E-state index contributed by atoms with van der Waals surface area (Å²) in [6, 6.07) is 9.57. The Balaban J connectivity index is 0.000000791. The minimum absolute atomic E-state index is 0.165. The summed E-state index contributed by atoms with van der Waals surface area (Å²) in [5, 5.41) is 3.72. The van der Waals surface area contributed by atoms with Gasteiger partial charge in [0.2, 0.25) is 5.91 Å². The van der Waals surface area contributed by atoms with Crippen molar-refractivity contribution >= 4 is 12.1 Å². The standard InChI is InChI=1S/C9H10N2O.C2H6/c1-8(12)11-10-7-9-5-3-2-4-6-9;1-2/h2-7H,1H3,(H,11,12);1-2H3/b10-7+;. The second kappa shape index (κ2) is 7.98. The molecule has 1 N–H and O–H groups in total. The molecule has 14 heavy (non-hydrogen) atoms. The number of rotatable bonds is 2. The maximum absolute atomic E-state index is 10.4. The molecule has 0 unspecified atom stereocenters. The van der Waals surface area contributed by atoms with Crippen LogP contribution in [0.2, 0.25) is 0 Å². The highest BCUT2D eigenvalue weighted by Crippen LogP contribution is 1.92. The third-order valence-corrected chi connectivity index (χ3v) is 1.24. The lowest BCUT2D eigenvalue weighted by molar-refractivity contribution is -0.118. The van der Waals surface area contributed by atoms with Crippen LogP contribution in [0.15, 0.2) is 35.4 Å². The van der Waals surface area contributed by atoms with E-state index < -0.39 is 0 Å². The van der Waals surface area contributed by atoms with Gasteiger partial charge in [-0.15, -0.1) is 0 Å². The molecule has 0 radical (unpaired) electrons. The Labute approximate surface area is 84.8 Å². The molecule has 1 rings (SSSR count). The number of hydrogen-bond donors (Lipinski definition) is 1. The van der Waals surface area contributed by atoms with Crippen LogP contribution in [-0.4, -0.2) is 12.1 Å². The third kappa shape index (κ3) is 5.94. The molecule has 0 heterocycles. The smallest absolute Gasteiger partial charge is 0.236 e. The van der Waals surface area contributed by atoms with E-state index in [1.54, 1.807) is 6.21 Å². The SMILES string of the molecule is CC.CC(=O)N/N=C/c1ccccc1. The molecule has 0 spiro atoms. The summed E-state index contributed by atoms with van der Waals surface area (Å²) in [7, 11) is 0. The molecule has 0 saturated carbocycles. The number of hydrazone groups is 1. The molecule has 3 nitrogen and oxygen atoms in total. The fraction of sp³-hybridized carbons (Fsp3) is 0.273. The molecule has 0 saturated heterocycles. The van der Waals surface area contributed by atoms with E-state index in [0.717, 1.165) is 5.56 Å². The number of nitrogens with zero attached hydrogens (tertiary/aromatic N) is 1. The van der Waals surface area contributed by atoms with Gasteiger partial charge in [-0.05, 0) is 5.56 Å². The van der Waals surface area contributed by atoms with Gasteiger partial charge in [-0.2, -0.15) is 5.10 Å². The van der Waals surface area contributed by atoms with Crippen LogP contribution < -0.4 is 5.43 Å². The van der Waals surface area contributed by atoms with E-state index in [-0.39, 0.29) is 5.91 Å². The maximum Gasteiger partial charge on any atom is 0.236 e. The number of benzene rings is 1. The lowest BCUT2D eigenvalue weighted by Gasteiger charge is -1.91. The molecule has 0 aliphatic heterocycles. The van der Waals surface area contributed by atoms with Crippen molar-refractivity contribution < 1.29 is 4.79 Å². The second-order valence-electron chi connectivity index (χ2n) is 2.34. The van der Waals surface area contributed by atoms with E-state index in [4.69, 9.17) is 0 Å². The van der Waals surface area contributed by atoms with E-state index in [1.165, 1.54) is 6.92 Å². The van der Waals surface area contributed by atoms with Gasteiger partial charge in [-0.3, -0.25) is 4.79 Å². The van der Waals surface area contributed by atoms with Crippen molar-refractivity contribution in [2.24, 2.45) is 5.10 Å². The van der Waals surface area contributed by atoms with E-state index in [2.05, 4.69) is 10.5 Å². The number of carbonyl (C=O) groups is 1. The van der Waals surface area contributed by atoms with Gasteiger partial charge in [-0.25, -0.2) is 5.43 Å². The molecule has 3 heteroatoms. The van der Waals surface area contributed by atoms with Gasteiger partial charge < -0.3 is 0 Å². The Morgan fingerprint density at radius 1 is 1.29 bits per heavy atom. The first-order chi connectivity index (χ1) is 6.79. The summed E-state index contributed by atoms with van der Waals surface area (Å²) in [4.78, 5) is 10.4. The van der Waals surface area contributed by atoms with Crippen molar-refractivity contribution in [2.75, 3.05) is 0 Å². The van der Waals surface area contributed by atoms with Gasteiger partial charge in [-0.1, -0.05) is 44.2 Å². The largest absolute Gasteiger partial charge is 0.274 e. The number of amides is 1. The molecule has 0 bridgehead atoms. The number of nitrogens with one attached hydrogen (secondary N) is 1.